The number of piperidine rings is 1. The predicted octanol–water partition coefficient (Wildman–Crippen LogP) is 2.32. The van der Waals surface area contributed by atoms with Gasteiger partial charge in [-0.25, -0.2) is 0 Å². The summed E-state index contributed by atoms with van der Waals surface area (Å²) in [7, 11) is 0. The SMILES string of the molecule is CCO[C@@H]1C[C@@H](NC2CCN(C(C)=O)CC2)C12CCCC2. The molecular formula is C17H30N2O2. The Morgan fingerprint density at radius 3 is 2.52 bits per heavy atom. The van der Waals surface area contributed by atoms with E-state index in [4.69, 9.17) is 4.74 Å². The number of hydrogen-bond donors (Lipinski definition) is 1. The van der Waals surface area contributed by atoms with Gasteiger partial charge < -0.3 is 15.0 Å². The highest BCUT2D eigenvalue weighted by Gasteiger charge is 2.56. The first-order valence-electron chi connectivity index (χ1n) is 8.79. The molecule has 0 aromatic heterocycles. The van der Waals surface area contributed by atoms with E-state index in [1.54, 1.807) is 6.92 Å². The average molecular weight is 294 g/mol. The van der Waals surface area contributed by atoms with Gasteiger partial charge in [-0.15, -0.1) is 0 Å². The van der Waals surface area contributed by atoms with E-state index in [-0.39, 0.29) is 5.91 Å². The number of carbonyl (C=O) groups excluding carboxylic acids is 1. The fraction of sp³-hybridized carbons (Fsp3) is 0.941. The first-order chi connectivity index (χ1) is 10.2. The predicted molar refractivity (Wildman–Crippen MR) is 83.1 cm³/mol. The summed E-state index contributed by atoms with van der Waals surface area (Å²) < 4.78 is 5.99. The van der Waals surface area contributed by atoms with E-state index in [0.29, 0.717) is 23.6 Å². The van der Waals surface area contributed by atoms with Crippen molar-refractivity contribution in [3.8, 4) is 0 Å². The van der Waals surface area contributed by atoms with E-state index in [2.05, 4.69) is 12.2 Å². The van der Waals surface area contributed by atoms with Gasteiger partial charge in [-0.3, -0.25) is 4.79 Å². The Morgan fingerprint density at radius 2 is 1.95 bits per heavy atom. The minimum atomic E-state index is 0.223. The third-order valence-electron chi connectivity index (χ3n) is 6.06. The Hall–Kier alpha value is -0.610. The Bertz CT molecular complexity index is 371. The summed E-state index contributed by atoms with van der Waals surface area (Å²) in [5.74, 6) is 0.223. The summed E-state index contributed by atoms with van der Waals surface area (Å²) in [5, 5.41) is 3.92. The van der Waals surface area contributed by atoms with E-state index in [0.717, 1.165) is 32.5 Å². The van der Waals surface area contributed by atoms with Crippen LogP contribution in [0.1, 0.15) is 58.8 Å². The van der Waals surface area contributed by atoms with Gasteiger partial charge in [0.1, 0.15) is 0 Å². The Labute approximate surface area is 128 Å². The lowest BCUT2D eigenvalue weighted by Crippen LogP contribution is -2.65. The molecule has 0 bridgehead atoms. The molecule has 2 aliphatic carbocycles. The molecular weight excluding hydrogens is 264 g/mol. The van der Waals surface area contributed by atoms with Crippen molar-refractivity contribution in [2.45, 2.75) is 77.0 Å². The van der Waals surface area contributed by atoms with Crippen molar-refractivity contribution >= 4 is 5.91 Å². The van der Waals surface area contributed by atoms with Crippen LogP contribution in [0.15, 0.2) is 0 Å². The molecule has 0 radical (unpaired) electrons. The number of hydrogen-bond acceptors (Lipinski definition) is 3. The number of amides is 1. The molecule has 0 unspecified atom stereocenters. The number of ether oxygens (including phenoxy) is 1. The van der Waals surface area contributed by atoms with Crippen molar-refractivity contribution < 1.29 is 9.53 Å². The molecule has 2 atom stereocenters. The van der Waals surface area contributed by atoms with Crippen LogP contribution in [-0.2, 0) is 9.53 Å². The quantitative estimate of drug-likeness (QED) is 0.865. The third kappa shape index (κ3) is 2.85. The minimum Gasteiger partial charge on any atom is -0.378 e. The van der Waals surface area contributed by atoms with Gasteiger partial charge in [0.05, 0.1) is 6.10 Å². The molecule has 3 fully saturated rings. The molecule has 2 saturated carbocycles. The van der Waals surface area contributed by atoms with Crippen LogP contribution in [-0.4, -0.2) is 48.7 Å². The van der Waals surface area contributed by atoms with Gasteiger partial charge in [0.15, 0.2) is 0 Å². The highest BCUT2D eigenvalue weighted by Crippen LogP contribution is 2.55. The van der Waals surface area contributed by atoms with Gasteiger partial charge in [0.25, 0.3) is 0 Å². The van der Waals surface area contributed by atoms with Crippen LogP contribution in [0.3, 0.4) is 0 Å². The van der Waals surface area contributed by atoms with Crippen molar-refractivity contribution in [3.63, 3.8) is 0 Å². The molecule has 1 aliphatic heterocycles. The number of likely N-dealkylation sites (tertiary alicyclic amines) is 1. The lowest BCUT2D eigenvalue weighted by molar-refractivity contribution is -0.135. The molecule has 1 N–H and O–H groups in total. The summed E-state index contributed by atoms with van der Waals surface area (Å²) >= 11 is 0. The van der Waals surface area contributed by atoms with Crippen LogP contribution >= 0.6 is 0 Å². The van der Waals surface area contributed by atoms with Crippen molar-refractivity contribution in [2.75, 3.05) is 19.7 Å². The van der Waals surface area contributed by atoms with Crippen LogP contribution in [0.4, 0.5) is 0 Å². The summed E-state index contributed by atoms with van der Waals surface area (Å²) in [6, 6.07) is 1.23. The van der Waals surface area contributed by atoms with E-state index in [1.807, 2.05) is 4.90 Å². The zero-order valence-electron chi connectivity index (χ0n) is 13.6. The number of rotatable bonds is 4. The van der Waals surface area contributed by atoms with Crippen LogP contribution < -0.4 is 5.32 Å². The zero-order valence-corrected chi connectivity index (χ0v) is 13.6. The van der Waals surface area contributed by atoms with Crippen LogP contribution in [0, 0.1) is 5.41 Å². The maximum atomic E-state index is 11.4. The smallest absolute Gasteiger partial charge is 0.219 e. The second-order valence-corrected chi connectivity index (χ2v) is 7.12. The molecule has 1 saturated heterocycles. The second kappa shape index (κ2) is 6.25. The van der Waals surface area contributed by atoms with Gasteiger partial charge in [-0.05, 0) is 39.0 Å². The first-order valence-corrected chi connectivity index (χ1v) is 8.79. The topological polar surface area (TPSA) is 41.6 Å². The van der Waals surface area contributed by atoms with Crippen LogP contribution in [0.25, 0.3) is 0 Å². The van der Waals surface area contributed by atoms with Gasteiger partial charge in [-0.2, -0.15) is 0 Å². The van der Waals surface area contributed by atoms with E-state index >= 15 is 0 Å². The normalized spacial score (nSPS) is 32.4. The molecule has 1 heterocycles. The molecule has 1 amide bonds. The summed E-state index contributed by atoms with van der Waals surface area (Å²) in [5.41, 5.74) is 0.424. The van der Waals surface area contributed by atoms with Crippen molar-refractivity contribution in [2.24, 2.45) is 5.41 Å². The Morgan fingerprint density at radius 1 is 1.29 bits per heavy atom. The first kappa shape index (κ1) is 15.3. The fourth-order valence-corrected chi connectivity index (χ4v) is 4.77. The fourth-order valence-electron chi connectivity index (χ4n) is 4.77. The molecule has 4 nitrogen and oxygen atoms in total. The van der Waals surface area contributed by atoms with E-state index in [9.17, 15) is 4.79 Å². The maximum absolute atomic E-state index is 11.4. The minimum absolute atomic E-state index is 0.223. The van der Waals surface area contributed by atoms with Gasteiger partial charge in [0.2, 0.25) is 5.91 Å². The van der Waals surface area contributed by atoms with Crippen molar-refractivity contribution in [1.29, 1.82) is 0 Å². The van der Waals surface area contributed by atoms with Crippen molar-refractivity contribution in [1.82, 2.24) is 10.2 Å². The monoisotopic (exact) mass is 294 g/mol. The maximum Gasteiger partial charge on any atom is 0.219 e. The molecule has 0 aromatic carbocycles. The summed E-state index contributed by atoms with van der Waals surface area (Å²) in [6.07, 6.45) is 9.27. The Balaban J connectivity index is 1.53. The molecule has 3 rings (SSSR count). The van der Waals surface area contributed by atoms with Gasteiger partial charge >= 0.3 is 0 Å². The molecule has 0 aromatic rings. The van der Waals surface area contributed by atoms with E-state index < -0.39 is 0 Å². The molecule has 3 aliphatic rings. The highest BCUT2D eigenvalue weighted by molar-refractivity contribution is 5.73. The lowest BCUT2D eigenvalue weighted by Gasteiger charge is -2.55. The van der Waals surface area contributed by atoms with Gasteiger partial charge in [-0.1, -0.05) is 12.8 Å². The van der Waals surface area contributed by atoms with Crippen LogP contribution in [0.5, 0.6) is 0 Å². The average Bonchev–Trinajstić information content (AvgIpc) is 2.99. The molecule has 4 heteroatoms. The summed E-state index contributed by atoms with van der Waals surface area (Å²) in [4.78, 5) is 13.4. The van der Waals surface area contributed by atoms with Crippen LogP contribution in [0.2, 0.25) is 0 Å². The standard InChI is InChI=1S/C17H30N2O2/c1-3-21-16-12-15(17(16)8-4-5-9-17)18-14-6-10-19(11-7-14)13(2)20/h14-16,18H,3-12H2,1-2H3/t15-,16-/m1/s1. The lowest BCUT2D eigenvalue weighted by atomic mass is 9.60. The summed E-state index contributed by atoms with van der Waals surface area (Å²) in [6.45, 7) is 6.47. The van der Waals surface area contributed by atoms with E-state index in [1.165, 1.54) is 32.1 Å². The Kier molecular flexibility index (Phi) is 4.55. The molecule has 1 spiro atoms. The number of carbonyl (C=O) groups is 1. The van der Waals surface area contributed by atoms with Crippen molar-refractivity contribution in [3.05, 3.63) is 0 Å². The largest absolute Gasteiger partial charge is 0.378 e. The second-order valence-electron chi connectivity index (χ2n) is 7.12. The number of nitrogens with zero attached hydrogens (tertiary/aromatic N) is 1. The third-order valence-corrected chi connectivity index (χ3v) is 6.06. The highest BCUT2D eigenvalue weighted by atomic mass is 16.5. The van der Waals surface area contributed by atoms with Gasteiger partial charge in [0, 0.05) is 44.1 Å². The zero-order chi connectivity index (χ0) is 14.9. The molecule has 21 heavy (non-hydrogen) atoms. The molecule has 120 valence electrons. The number of nitrogens with one attached hydrogen (secondary N) is 1.